The number of aromatic nitrogens is 1. The molecule has 1 fully saturated rings. The highest BCUT2D eigenvalue weighted by molar-refractivity contribution is 5.96. The highest BCUT2D eigenvalue weighted by Gasteiger charge is 2.43. The Morgan fingerprint density at radius 3 is 2.71 bits per heavy atom. The molecule has 1 saturated heterocycles. The summed E-state index contributed by atoms with van der Waals surface area (Å²) < 4.78 is 38.7. The number of halogens is 3. The Balaban J connectivity index is 1.54. The Kier molecular flexibility index (Phi) is 6.34. The Morgan fingerprint density at radius 2 is 2.03 bits per heavy atom. The van der Waals surface area contributed by atoms with Gasteiger partial charge >= 0.3 is 12.2 Å². The van der Waals surface area contributed by atoms with Crippen molar-refractivity contribution in [3.63, 3.8) is 0 Å². The highest BCUT2D eigenvalue weighted by atomic mass is 19.4. The second kappa shape index (κ2) is 9.12. The van der Waals surface area contributed by atoms with E-state index in [0.29, 0.717) is 36.6 Å². The van der Waals surface area contributed by atoms with Gasteiger partial charge in [0.2, 0.25) is 5.91 Å². The molecule has 1 aromatic heterocycles. The van der Waals surface area contributed by atoms with Crippen molar-refractivity contribution in [3.05, 3.63) is 47.6 Å². The first-order valence-corrected chi connectivity index (χ1v) is 11.0. The fraction of sp³-hybridized carbons (Fsp3) is 0.455. The number of alkyl halides is 3. The summed E-state index contributed by atoms with van der Waals surface area (Å²) in [5, 5.41) is 7.58. The number of rotatable bonds is 4. The molecule has 1 aromatic rings. The topological polar surface area (TPSA) is 110 Å². The summed E-state index contributed by atoms with van der Waals surface area (Å²) in [6.45, 7) is 2.13. The number of dihydropyridines is 1. The molecule has 0 saturated carbocycles. The second-order valence-electron chi connectivity index (χ2n) is 8.80. The fourth-order valence-electron chi connectivity index (χ4n) is 4.20. The standard InChI is InChI=1S/C22H26F3N7O3/c1-12(22(23,24)25)27-19(33)15-4-5-16-18(28-15)32(14-7-9-31(16)11-14)21(35)29-17-10-13(6-8-26-17)20(34)30(2)3/h4-6,8,10,12,14-15,28H,7,9,11H2,1-3H3,(H,27,33)(H,26,29,35)/t12-,14+,15?/m1/s1. The lowest BCUT2D eigenvalue weighted by Gasteiger charge is -2.41. The zero-order valence-corrected chi connectivity index (χ0v) is 19.4. The van der Waals surface area contributed by atoms with E-state index in [-0.39, 0.29) is 17.8 Å². The van der Waals surface area contributed by atoms with Crippen molar-refractivity contribution in [2.75, 3.05) is 32.5 Å². The number of hydrogen-bond donors (Lipinski definition) is 3. The quantitative estimate of drug-likeness (QED) is 0.586. The number of carbonyl (C=O) groups excluding carboxylic acids is 3. The Hall–Kier alpha value is -3.77. The maximum Gasteiger partial charge on any atom is 0.408 e. The van der Waals surface area contributed by atoms with Crippen LogP contribution >= 0.6 is 0 Å². The molecule has 1 unspecified atom stereocenters. The normalized spacial score (nSPS) is 21.8. The third-order valence-electron chi connectivity index (χ3n) is 6.09. The van der Waals surface area contributed by atoms with Gasteiger partial charge in [0.05, 0.1) is 11.7 Å². The van der Waals surface area contributed by atoms with Crippen LogP contribution in [0.1, 0.15) is 23.7 Å². The molecule has 0 aromatic carbocycles. The Bertz CT molecular complexity index is 1100. The van der Waals surface area contributed by atoms with Crippen molar-refractivity contribution in [3.8, 4) is 0 Å². The minimum Gasteiger partial charge on any atom is -0.366 e. The molecule has 0 radical (unpaired) electrons. The van der Waals surface area contributed by atoms with Gasteiger partial charge in [0.1, 0.15) is 23.7 Å². The van der Waals surface area contributed by atoms with Crippen molar-refractivity contribution in [1.82, 2.24) is 30.3 Å². The van der Waals surface area contributed by atoms with E-state index in [1.54, 1.807) is 20.2 Å². The molecule has 4 heterocycles. The number of nitrogens with one attached hydrogen (secondary N) is 3. The number of carbonyl (C=O) groups is 3. The van der Waals surface area contributed by atoms with Crippen molar-refractivity contribution < 1.29 is 27.6 Å². The largest absolute Gasteiger partial charge is 0.408 e. The molecule has 4 rings (SSSR count). The van der Waals surface area contributed by atoms with Gasteiger partial charge in [-0.2, -0.15) is 13.2 Å². The number of nitrogens with zero attached hydrogens (tertiary/aromatic N) is 4. The Morgan fingerprint density at radius 1 is 1.29 bits per heavy atom. The summed E-state index contributed by atoms with van der Waals surface area (Å²) in [7, 11) is 3.22. The van der Waals surface area contributed by atoms with E-state index >= 15 is 0 Å². The van der Waals surface area contributed by atoms with Gasteiger partial charge in [-0.3, -0.25) is 19.8 Å². The van der Waals surface area contributed by atoms with Crippen LogP contribution in [0, 0.1) is 0 Å². The van der Waals surface area contributed by atoms with Crippen LogP contribution < -0.4 is 16.0 Å². The van der Waals surface area contributed by atoms with Crippen LogP contribution in [0.15, 0.2) is 42.0 Å². The summed E-state index contributed by atoms with van der Waals surface area (Å²) in [5.41, 5.74) is 1.02. The third-order valence-corrected chi connectivity index (χ3v) is 6.09. The molecule has 35 heavy (non-hydrogen) atoms. The molecule has 3 N–H and O–H groups in total. The maximum absolute atomic E-state index is 13.3. The van der Waals surface area contributed by atoms with Crippen molar-refractivity contribution >= 4 is 23.7 Å². The van der Waals surface area contributed by atoms with Crippen LogP contribution in [-0.4, -0.2) is 89.0 Å². The average molecular weight is 493 g/mol. The molecule has 3 atom stereocenters. The molecule has 10 nitrogen and oxygen atoms in total. The summed E-state index contributed by atoms with van der Waals surface area (Å²) in [6, 6.07) is -0.855. The highest BCUT2D eigenvalue weighted by Crippen LogP contribution is 2.33. The minimum absolute atomic E-state index is 0.171. The SMILES string of the molecule is C[C@@H](NC(=O)C1C=CC2=C(N1)N(C(=O)Nc1cc(C(=O)N(C)C)ccn1)[C@H]1CCN2C1)C(F)(F)F. The molecule has 13 heteroatoms. The van der Waals surface area contributed by atoms with Gasteiger partial charge in [0, 0.05) is 38.9 Å². The number of fused-ring (bicyclic) bond motifs is 3. The van der Waals surface area contributed by atoms with E-state index in [1.165, 1.54) is 34.2 Å². The molecule has 4 amide bonds. The first-order chi connectivity index (χ1) is 16.5. The number of urea groups is 1. The summed E-state index contributed by atoms with van der Waals surface area (Å²) >= 11 is 0. The van der Waals surface area contributed by atoms with Crippen LogP contribution in [0.4, 0.5) is 23.8 Å². The molecule has 2 bridgehead atoms. The first-order valence-electron chi connectivity index (χ1n) is 11.0. The average Bonchev–Trinajstić information content (AvgIpc) is 3.21. The number of amides is 4. The van der Waals surface area contributed by atoms with Gasteiger partial charge in [0.25, 0.3) is 5.91 Å². The molecule has 0 spiro atoms. The van der Waals surface area contributed by atoms with E-state index in [2.05, 4.69) is 15.6 Å². The number of hydrogen-bond acceptors (Lipinski definition) is 6. The lowest BCUT2D eigenvalue weighted by molar-refractivity contribution is -0.158. The first kappa shape index (κ1) is 24.4. The molecule has 0 aliphatic carbocycles. The van der Waals surface area contributed by atoms with E-state index in [4.69, 9.17) is 0 Å². The van der Waals surface area contributed by atoms with Gasteiger partial charge in [-0.15, -0.1) is 0 Å². The zero-order valence-electron chi connectivity index (χ0n) is 19.4. The number of allylic oxidation sites excluding steroid dienone is 1. The van der Waals surface area contributed by atoms with E-state index < -0.39 is 30.2 Å². The Labute approximate surface area is 199 Å². The van der Waals surface area contributed by atoms with E-state index in [9.17, 15) is 27.6 Å². The fourth-order valence-corrected chi connectivity index (χ4v) is 4.20. The lowest BCUT2D eigenvalue weighted by Crippen LogP contribution is -2.57. The summed E-state index contributed by atoms with van der Waals surface area (Å²) in [5.74, 6) is -0.607. The van der Waals surface area contributed by atoms with E-state index in [1.807, 2.05) is 10.2 Å². The maximum atomic E-state index is 13.3. The minimum atomic E-state index is -4.57. The van der Waals surface area contributed by atoms with Crippen LogP contribution in [0.3, 0.4) is 0 Å². The summed E-state index contributed by atoms with van der Waals surface area (Å²) in [4.78, 5) is 47.1. The third kappa shape index (κ3) is 4.88. The monoisotopic (exact) mass is 493 g/mol. The van der Waals surface area contributed by atoms with Crippen LogP contribution in [0.25, 0.3) is 0 Å². The molecule has 3 aliphatic heterocycles. The van der Waals surface area contributed by atoms with E-state index in [0.717, 1.165) is 6.92 Å². The van der Waals surface area contributed by atoms with Crippen LogP contribution in [-0.2, 0) is 4.79 Å². The smallest absolute Gasteiger partial charge is 0.366 e. The number of anilines is 1. The van der Waals surface area contributed by atoms with Gasteiger partial charge in [0.15, 0.2) is 0 Å². The molecular formula is C22H26F3N7O3. The summed E-state index contributed by atoms with van der Waals surface area (Å²) in [6.07, 6.45) is 0.628. The van der Waals surface area contributed by atoms with Gasteiger partial charge in [-0.25, -0.2) is 9.78 Å². The molecule has 188 valence electrons. The van der Waals surface area contributed by atoms with Crippen molar-refractivity contribution in [2.24, 2.45) is 0 Å². The van der Waals surface area contributed by atoms with Gasteiger partial charge in [-0.05, 0) is 31.6 Å². The van der Waals surface area contributed by atoms with Crippen molar-refractivity contribution in [1.29, 1.82) is 0 Å². The molecule has 3 aliphatic rings. The predicted octanol–water partition coefficient (Wildman–Crippen LogP) is 1.47. The van der Waals surface area contributed by atoms with Crippen molar-refractivity contribution in [2.45, 2.75) is 37.6 Å². The lowest BCUT2D eigenvalue weighted by atomic mass is 10.1. The van der Waals surface area contributed by atoms with Crippen LogP contribution in [0.2, 0.25) is 0 Å². The molecular weight excluding hydrogens is 467 g/mol. The predicted molar refractivity (Wildman–Crippen MR) is 120 cm³/mol. The van der Waals surface area contributed by atoms with Crippen LogP contribution in [0.5, 0.6) is 0 Å². The number of pyridine rings is 1. The van der Waals surface area contributed by atoms with Gasteiger partial charge in [-0.1, -0.05) is 6.08 Å². The second-order valence-corrected chi connectivity index (χ2v) is 8.80. The zero-order chi connectivity index (χ0) is 25.5. The van der Waals surface area contributed by atoms with Gasteiger partial charge < -0.3 is 20.4 Å².